The second-order valence-electron chi connectivity index (χ2n) is 11.6. The molecule has 3 fully saturated rings. The molecule has 7 nitrogen and oxygen atoms in total. The molecule has 2 aromatic rings. The second kappa shape index (κ2) is 11.9. The van der Waals surface area contributed by atoms with E-state index in [2.05, 4.69) is 43.2 Å². The topological polar surface area (TPSA) is 60.9 Å². The third-order valence-corrected chi connectivity index (χ3v) is 9.14. The number of aromatic nitrogens is 1. The Balaban J connectivity index is 0.898. The van der Waals surface area contributed by atoms with Crippen LogP contribution in [0.1, 0.15) is 67.3 Å². The molecule has 4 heterocycles. The van der Waals surface area contributed by atoms with Crippen molar-refractivity contribution in [3.8, 4) is 5.75 Å². The number of rotatable bonds is 7. The van der Waals surface area contributed by atoms with Crippen molar-refractivity contribution in [1.29, 1.82) is 0 Å². The van der Waals surface area contributed by atoms with Crippen LogP contribution in [-0.2, 0) is 6.42 Å². The number of piperazine rings is 1. The Morgan fingerprint density at radius 1 is 0.895 bits per heavy atom. The van der Waals surface area contributed by atoms with Crippen LogP contribution in [0.15, 0.2) is 36.5 Å². The summed E-state index contributed by atoms with van der Waals surface area (Å²) in [6.45, 7) is 8.44. The fourth-order valence-electron chi connectivity index (χ4n) is 6.71. The van der Waals surface area contributed by atoms with Crippen LogP contribution in [0.25, 0.3) is 0 Å². The van der Waals surface area contributed by atoms with Crippen molar-refractivity contribution in [3.63, 3.8) is 0 Å². The molecule has 3 aliphatic heterocycles. The molecular formula is C31H43N5O2. The Hall–Kier alpha value is -2.80. The van der Waals surface area contributed by atoms with E-state index in [-0.39, 0.29) is 5.91 Å². The Bertz CT molecular complexity index is 1070. The van der Waals surface area contributed by atoms with Gasteiger partial charge in [0.1, 0.15) is 0 Å². The molecule has 1 N–H and O–H groups in total. The zero-order chi connectivity index (χ0) is 25.7. The number of piperidine rings is 1. The number of hydrogen-bond donors (Lipinski definition) is 1. The van der Waals surface area contributed by atoms with Gasteiger partial charge in [-0.25, -0.2) is 4.98 Å². The molecular weight excluding hydrogens is 474 g/mol. The summed E-state index contributed by atoms with van der Waals surface area (Å²) >= 11 is 0. The number of hydrogen-bond acceptors (Lipinski definition) is 6. The van der Waals surface area contributed by atoms with E-state index >= 15 is 0 Å². The summed E-state index contributed by atoms with van der Waals surface area (Å²) in [7, 11) is 0. The first-order valence-corrected chi connectivity index (χ1v) is 15.0. The first-order chi connectivity index (χ1) is 18.7. The van der Waals surface area contributed by atoms with E-state index in [1.165, 1.54) is 56.3 Å². The van der Waals surface area contributed by atoms with Crippen molar-refractivity contribution >= 4 is 17.4 Å². The second-order valence-corrected chi connectivity index (χ2v) is 11.6. The summed E-state index contributed by atoms with van der Waals surface area (Å²) in [5.41, 5.74) is 3.33. The van der Waals surface area contributed by atoms with Crippen LogP contribution in [0.4, 0.5) is 11.5 Å². The molecule has 4 aliphatic rings. The van der Waals surface area contributed by atoms with Gasteiger partial charge in [-0.1, -0.05) is 0 Å². The summed E-state index contributed by atoms with van der Waals surface area (Å²) in [5.74, 6) is 2.91. The minimum absolute atomic E-state index is 0.0838. The first-order valence-electron chi connectivity index (χ1n) is 15.0. The van der Waals surface area contributed by atoms with Crippen molar-refractivity contribution in [2.75, 3.05) is 62.2 Å². The SMILES string of the molecule is O=C(N[C@H]1CC[C@H](CCN2CCN(c3nccc4c3OCC4)CC2)CC1)c1ccc(N2CCCCC2)cc1. The molecule has 0 unspecified atom stereocenters. The molecule has 1 saturated carbocycles. The maximum absolute atomic E-state index is 12.9. The van der Waals surface area contributed by atoms with Gasteiger partial charge in [0.25, 0.3) is 5.91 Å². The molecule has 1 aliphatic carbocycles. The fourth-order valence-corrected chi connectivity index (χ4v) is 6.71. The Kier molecular flexibility index (Phi) is 8.00. The number of nitrogens with one attached hydrogen (secondary N) is 1. The highest BCUT2D eigenvalue weighted by Gasteiger charge is 2.27. The maximum Gasteiger partial charge on any atom is 0.251 e. The van der Waals surface area contributed by atoms with Gasteiger partial charge in [-0.3, -0.25) is 9.69 Å². The van der Waals surface area contributed by atoms with E-state index in [1.54, 1.807) is 0 Å². The van der Waals surface area contributed by atoms with Gasteiger partial charge >= 0.3 is 0 Å². The molecule has 204 valence electrons. The number of pyridine rings is 1. The number of fused-ring (bicyclic) bond motifs is 1. The van der Waals surface area contributed by atoms with Gasteiger partial charge in [-0.15, -0.1) is 0 Å². The van der Waals surface area contributed by atoms with E-state index < -0.39 is 0 Å². The van der Waals surface area contributed by atoms with Gasteiger partial charge in [0.05, 0.1) is 6.61 Å². The Labute approximate surface area is 227 Å². The van der Waals surface area contributed by atoms with Gasteiger partial charge in [-0.05, 0) is 94.2 Å². The summed E-state index contributed by atoms with van der Waals surface area (Å²) in [4.78, 5) is 24.9. The normalized spacial score (nSPS) is 24.1. The molecule has 0 spiro atoms. The summed E-state index contributed by atoms with van der Waals surface area (Å²) in [5, 5.41) is 3.31. The predicted molar refractivity (Wildman–Crippen MR) is 152 cm³/mol. The average Bonchev–Trinajstić information content (AvgIpc) is 3.47. The standard InChI is InChI=1S/C31H43N5O2/c37-31(26-6-10-28(11-7-26)35-16-2-1-3-17-35)33-27-8-4-24(5-9-27)13-18-34-19-21-36(22-20-34)30-29-25(12-15-32-30)14-23-38-29/h6-7,10-12,15,24,27H,1-5,8-9,13-14,16-23H2,(H,33,37)/t24-,27-. The third kappa shape index (κ3) is 5.93. The lowest BCUT2D eigenvalue weighted by atomic mass is 9.84. The zero-order valence-electron chi connectivity index (χ0n) is 22.7. The lowest BCUT2D eigenvalue weighted by molar-refractivity contribution is 0.0919. The monoisotopic (exact) mass is 517 g/mol. The van der Waals surface area contributed by atoms with E-state index in [1.807, 2.05) is 18.3 Å². The molecule has 2 saturated heterocycles. The van der Waals surface area contributed by atoms with Crippen LogP contribution < -0.4 is 19.9 Å². The molecule has 38 heavy (non-hydrogen) atoms. The lowest BCUT2D eigenvalue weighted by Crippen LogP contribution is -2.47. The molecule has 0 atom stereocenters. The minimum atomic E-state index is 0.0838. The molecule has 1 amide bonds. The number of nitrogens with zero attached hydrogens (tertiary/aromatic N) is 4. The van der Waals surface area contributed by atoms with Crippen LogP contribution in [0.5, 0.6) is 5.75 Å². The van der Waals surface area contributed by atoms with Crippen molar-refractivity contribution in [2.24, 2.45) is 5.92 Å². The van der Waals surface area contributed by atoms with Crippen molar-refractivity contribution < 1.29 is 9.53 Å². The number of benzene rings is 1. The van der Waals surface area contributed by atoms with Crippen molar-refractivity contribution in [2.45, 2.75) is 63.8 Å². The molecule has 0 radical (unpaired) electrons. The van der Waals surface area contributed by atoms with E-state index in [0.29, 0.717) is 6.04 Å². The highest BCUT2D eigenvalue weighted by atomic mass is 16.5. The molecule has 7 heteroatoms. The van der Waals surface area contributed by atoms with Crippen LogP contribution in [-0.4, -0.2) is 74.3 Å². The van der Waals surface area contributed by atoms with E-state index in [4.69, 9.17) is 4.74 Å². The lowest BCUT2D eigenvalue weighted by Gasteiger charge is -2.37. The zero-order valence-corrected chi connectivity index (χ0v) is 22.7. The smallest absolute Gasteiger partial charge is 0.251 e. The molecule has 1 aromatic heterocycles. The van der Waals surface area contributed by atoms with Gasteiger partial charge in [0, 0.05) is 74.7 Å². The number of anilines is 2. The van der Waals surface area contributed by atoms with Gasteiger partial charge < -0.3 is 19.9 Å². The summed E-state index contributed by atoms with van der Waals surface area (Å²) in [6, 6.07) is 10.6. The average molecular weight is 518 g/mol. The number of carbonyl (C=O) groups is 1. The minimum Gasteiger partial charge on any atom is -0.489 e. The highest BCUT2D eigenvalue weighted by molar-refractivity contribution is 5.94. The third-order valence-electron chi connectivity index (χ3n) is 9.14. The predicted octanol–water partition coefficient (Wildman–Crippen LogP) is 4.51. The highest BCUT2D eigenvalue weighted by Crippen LogP contribution is 2.34. The molecule has 1 aromatic carbocycles. The largest absolute Gasteiger partial charge is 0.489 e. The quantitative estimate of drug-likeness (QED) is 0.583. The maximum atomic E-state index is 12.9. The first kappa shape index (κ1) is 25.5. The van der Waals surface area contributed by atoms with Crippen LogP contribution in [0.3, 0.4) is 0 Å². The van der Waals surface area contributed by atoms with Crippen LogP contribution in [0.2, 0.25) is 0 Å². The molecule has 0 bridgehead atoms. The van der Waals surface area contributed by atoms with Gasteiger partial charge in [-0.2, -0.15) is 0 Å². The number of carbonyl (C=O) groups excluding carboxylic acids is 1. The van der Waals surface area contributed by atoms with E-state index in [0.717, 1.165) is 88.2 Å². The van der Waals surface area contributed by atoms with Gasteiger partial charge in [0.2, 0.25) is 0 Å². The van der Waals surface area contributed by atoms with Crippen LogP contribution in [0, 0.1) is 5.92 Å². The Morgan fingerprint density at radius 3 is 2.42 bits per heavy atom. The van der Waals surface area contributed by atoms with Gasteiger partial charge in [0.15, 0.2) is 11.6 Å². The van der Waals surface area contributed by atoms with Crippen molar-refractivity contribution in [3.05, 3.63) is 47.7 Å². The summed E-state index contributed by atoms with van der Waals surface area (Å²) in [6.07, 6.45) is 12.7. The fraction of sp³-hybridized carbons (Fsp3) is 0.613. The Morgan fingerprint density at radius 2 is 1.66 bits per heavy atom. The number of amides is 1. The number of ether oxygens (including phenoxy) is 1. The molecule has 6 rings (SSSR count). The van der Waals surface area contributed by atoms with Crippen LogP contribution >= 0.6 is 0 Å². The summed E-state index contributed by atoms with van der Waals surface area (Å²) < 4.78 is 5.88. The van der Waals surface area contributed by atoms with Crippen molar-refractivity contribution in [1.82, 2.24) is 15.2 Å². The van der Waals surface area contributed by atoms with E-state index in [9.17, 15) is 4.79 Å².